The first-order valence-electron chi connectivity index (χ1n) is 8.33. The van der Waals surface area contributed by atoms with E-state index in [1.165, 1.54) is 24.8 Å². The Balaban J connectivity index is 1.62. The Bertz CT molecular complexity index is 711. The number of nitrogens with one attached hydrogen (secondary N) is 1. The van der Waals surface area contributed by atoms with E-state index in [0.29, 0.717) is 5.92 Å². The molecule has 1 saturated carbocycles. The zero-order valence-corrected chi connectivity index (χ0v) is 13.4. The summed E-state index contributed by atoms with van der Waals surface area (Å²) in [5.41, 5.74) is 1.91. The Morgan fingerprint density at radius 2 is 2.13 bits per heavy atom. The molecule has 1 aliphatic carbocycles. The summed E-state index contributed by atoms with van der Waals surface area (Å²) < 4.78 is 1.70. The number of hydrogen-bond donors (Lipinski definition) is 1. The van der Waals surface area contributed by atoms with Crippen molar-refractivity contribution in [2.24, 2.45) is 13.0 Å². The van der Waals surface area contributed by atoms with Crippen LogP contribution in [0.1, 0.15) is 31.2 Å². The Hall–Kier alpha value is -2.30. The Morgan fingerprint density at radius 1 is 1.30 bits per heavy atom. The van der Waals surface area contributed by atoms with Crippen molar-refractivity contribution in [3.63, 3.8) is 0 Å². The largest absolute Gasteiger partial charge is 0.322 e. The number of aromatic nitrogens is 2. The smallest absolute Gasteiger partial charge is 0.314 e. The minimum absolute atomic E-state index is 0.0139. The number of rotatable bonds is 2. The topological polar surface area (TPSA) is 50.2 Å². The van der Waals surface area contributed by atoms with Gasteiger partial charge in [-0.05, 0) is 18.4 Å². The van der Waals surface area contributed by atoms with Crippen LogP contribution in [0.4, 0.5) is 10.5 Å². The molecule has 0 bridgehead atoms. The van der Waals surface area contributed by atoms with Crippen LogP contribution < -0.4 is 5.32 Å². The summed E-state index contributed by atoms with van der Waals surface area (Å²) in [5.74, 6) is 0.582. The van der Waals surface area contributed by atoms with Crippen molar-refractivity contribution < 1.29 is 4.79 Å². The second-order valence-electron chi connectivity index (χ2n) is 6.68. The highest BCUT2D eigenvalue weighted by Gasteiger charge is 2.57. The summed E-state index contributed by atoms with van der Waals surface area (Å²) in [6.45, 7) is 0.848. The number of anilines is 1. The van der Waals surface area contributed by atoms with Gasteiger partial charge in [-0.2, -0.15) is 5.10 Å². The number of likely N-dealkylation sites (tertiary alicyclic amines) is 1. The number of aryl methyl sites for hydroxylation is 1. The molecule has 0 radical (unpaired) electrons. The van der Waals surface area contributed by atoms with E-state index in [0.717, 1.165) is 18.7 Å². The summed E-state index contributed by atoms with van der Waals surface area (Å²) in [5, 5.41) is 7.11. The zero-order chi connectivity index (χ0) is 15.9. The van der Waals surface area contributed by atoms with Crippen LogP contribution in [0.5, 0.6) is 0 Å². The molecule has 2 atom stereocenters. The van der Waals surface area contributed by atoms with Crippen LogP contribution in [0.2, 0.25) is 0 Å². The monoisotopic (exact) mass is 310 g/mol. The number of urea groups is 1. The fourth-order valence-corrected chi connectivity index (χ4v) is 4.30. The van der Waals surface area contributed by atoms with Gasteiger partial charge in [0.05, 0.1) is 17.4 Å². The van der Waals surface area contributed by atoms with E-state index < -0.39 is 0 Å². The molecule has 1 aliphatic heterocycles. The molecule has 2 fully saturated rings. The number of hydrogen-bond acceptors (Lipinski definition) is 2. The van der Waals surface area contributed by atoms with Crippen molar-refractivity contribution in [2.75, 3.05) is 11.9 Å². The molecule has 5 nitrogen and oxygen atoms in total. The van der Waals surface area contributed by atoms with Crippen LogP contribution >= 0.6 is 0 Å². The first-order valence-corrected chi connectivity index (χ1v) is 8.33. The normalized spacial score (nSPS) is 26.3. The Labute approximate surface area is 136 Å². The number of carbonyl (C=O) groups excluding carboxylic acids is 1. The zero-order valence-electron chi connectivity index (χ0n) is 13.4. The van der Waals surface area contributed by atoms with Gasteiger partial charge in [0.15, 0.2) is 0 Å². The van der Waals surface area contributed by atoms with Gasteiger partial charge in [0.1, 0.15) is 0 Å². The summed E-state index contributed by atoms with van der Waals surface area (Å²) >= 11 is 0. The lowest BCUT2D eigenvalue weighted by Crippen LogP contribution is -2.68. The van der Waals surface area contributed by atoms with E-state index in [-0.39, 0.29) is 11.6 Å². The van der Waals surface area contributed by atoms with E-state index >= 15 is 0 Å². The van der Waals surface area contributed by atoms with E-state index in [4.69, 9.17) is 0 Å². The summed E-state index contributed by atoms with van der Waals surface area (Å²) in [6, 6.07) is 10.5. The summed E-state index contributed by atoms with van der Waals surface area (Å²) in [4.78, 5) is 14.8. The first-order chi connectivity index (χ1) is 11.2. The molecule has 1 saturated heterocycles. The van der Waals surface area contributed by atoms with Gasteiger partial charge in [-0.15, -0.1) is 0 Å². The highest BCUT2D eigenvalue weighted by Crippen LogP contribution is 2.53. The number of carbonyl (C=O) groups is 1. The lowest BCUT2D eigenvalue weighted by Gasteiger charge is -2.61. The highest BCUT2D eigenvalue weighted by atomic mass is 16.2. The minimum atomic E-state index is -0.119. The van der Waals surface area contributed by atoms with Gasteiger partial charge in [0, 0.05) is 25.7 Å². The lowest BCUT2D eigenvalue weighted by molar-refractivity contribution is -0.0756. The second kappa shape index (κ2) is 5.41. The maximum atomic E-state index is 12.8. The molecule has 2 amide bonds. The van der Waals surface area contributed by atoms with Crippen molar-refractivity contribution in [3.8, 4) is 0 Å². The Morgan fingerprint density at radius 3 is 2.83 bits per heavy atom. The van der Waals surface area contributed by atoms with Gasteiger partial charge < -0.3 is 10.2 Å². The third-order valence-corrected chi connectivity index (χ3v) is 5.40. The predicted octanol–water partition coefficient (Wildman–Crippen LogP) is 3.35. The van der Waals surface area contributed by atoms with Crippen LogP contribution in [0, 0.1) is 5.92 Å². The van der Waals surface area contributed by atoms with Gasteiger partial charge in [-0.1, -0.05) is 43.2 Å². The van der Waals surface area contributed by atoms with Crippen LogP contribution in [-0.4, -0.2) is 27.3 Å². The van der Waals surface area contributed by atoms with Gasteiger partial charge in [-0.25, -0.2) is 4.79 Å². The SMILES string of the molecule is Cn1cc(NC(=O)N2C[C@@H]3CCCC[C@]32c2ccccc2)cn1. The van der Waals surface area contributed by atoms with Crippen molar-refractivity contribution in [2.45, 2.75) is 31.2 Å². The lowest BCUT2D eigenvalue weighted by atomic mass is 9.62. The quantitative estimate of drug-likeness (QED) is 0.924. The number of amides is 2. The van der Waals surface area contributed by atoms with Crippen LogP contribution in [0.3, 0.4) is 0 Å². The molecule has 2 aromatic rings. The molecule has 1 aromatic carbocycles. The average molecular weight is 310 g/mol. The molecule has 2 heterocycles. The van der Waals surface area contributed by atoms with E-state index in [2.05, 4.69) is 34.7 Å². The second-order valence-corrected chi connectivity index (χ2v) is 6.68. The summed E-state index contributed by atoms with van der Waals surface area (Å²) in [7, 11) is 1.85. The number of fused-ring (bicyclic) bond motifs is 1. The van der Waals surface area contributed by atoms with E-state index in [1.807, 2.05) is 24.2 Å². The number of benzene rings is 1. The standard InChI is InChI=1S/C18H22N4O/c1-21-13-16(11-19-21)20-17(23)22-12-15-9-5-6-10-18(15,22)14-7-3-2-4-8-14/h2-4,7-8,11,13,15H,5-6,9-10,12H2,1H3,(H,20,23)/t15-,18-/m0/s1. The van der Waals surface area contributed by atoms with Crippen LogP contribution in [0.25, 0.3) is 0 Å². The fourth-order valence-electron chi connectivity index (χ4n) is 4.30. The molecule has 0 unspecified atom stereocenters. The molecule has 5 heteroatoms. The van der Waals surface area contributed by atoms with Gasteiger partial charge in [0.25, 0.3) is 0 Å². The molecule has 2 aliphatic rings. The Kier molecular flexibility index (Phi) is 3.36. The van der Waals surface area contributed by atoms with Crippen molar-refractivity contribution in [1.29, 1.82) is 0 Å². The molecule has 1 aromatic heterocycles. The van der Waals surface area contributed by atoms with Gasteiger partial charge >= 0.3 is 6.03 Å². The fraction of sp³-hybridized carbons (Fsp3) is 0.444. The average Bonchev–Trinajstić information content (AvgIpc) is 2.94. The third-order valence-electron chi connectivity index (χ3n) is 5.40. The molecule has 1 N–H and O–H groups in total. The van der Waals surface area contributed by atoms with Crippen molar-refractivity contribution >= 4 is 11.7 Å². The number of nitrogens with zero attached hydrogens (tertiary/aromatic N) is 3. The molecule has 23 heavy (non-hydrogen) atoms. The van der Waals surface area contributed by atoms with Gasteiger partial charge in [-0.3, -0.25) is 4.68 Å². The van der Waals surface area contributed by atoms with Crippen LogP contribution in [-0.2, 0) is 12.6 Å². The van der Waals surface area contributed by atoms with E-state index in [9.17, 15) is 4.79 Å². The third kappa shape index (κ3) is 2.22. The molecule has 4 rings (SSSR count). The highest BCUT2D eigenvalue weighted by molar-refractivity contribution is 5.90. The molecular weight excluding hydrogens is 288 g/mol. The van der Waals surface area contributed by atoms with Crippen molar-refractivity contribution in [1.82, 2.24) is 14.7 Å². The molecule has 120 valence electrons. The maximum absolute atomic E-state index is 12.8. The summed E-state index contributed by atoms with van der Waals surface area (Å²) in [6.07, 6.45) is 8.24. The minimum Gasteiger partial charge on any atom is -0.314 e. The predicted molar refractivity (Wildman–Crippen MR) is 89.0 cm³/mol. The van der Waals surface area contributed by atoms with Crippen molar-refractivity contribution in [3.05, 3.63) is 48.3 Å². The van der Waals surface area contributed by atoms with Crippen LogP contribution in [0.15, 0.2) is 42.7 Å². The van der Waals surface area contributed by atoms with Gasteiger partial charge in [0.2, 0.25) is 0 Å². The molecule has 0 spiro atoms. The first kappa shape index (κ1) is 14.3. The maximum Gasteiger partial charge on any atom is 0.322 e. The van der Waals surface area contributed by atoms with E-state index in [1.54, 1.807) is 10.9 Å². The molecular formula is C18H22N4O.